The van der Waals surface area contributed by atoms with Crippen molar-refractivity contribution in [3.05, 3.63) is 59.7 Å². The molecule has 0 saturated carbocycles. The zero-order valence-corrected chi connectivity index (χ0v) is 20.2. The van der Waals surface area contributed by atoms with E-state index in [4.69, 9.17) is 4.74 Å². The van der Waals surface area contributed by atoms with Crippen molar-refractivity contribution in [2.45, 2.75) is 62.8 Å². The third-order valence-electron chi connectivity index (χ3n) is 5.98. The largest absolute Gasteiger partial charge is 0.497 e. The third-order valence-corrected chi connectivity index (χ3v) is 7.89. The van der Waals surface area contributed by atoms with Gasteiger partial charge in [-0.15, -0.1) is 0 Å². The average molecular weight is 459 g/mol. The molecule has 0 atom stereocenters. The second-order valence-electron chi connectivity index (χ2n) is 9.37. The van der Waals surface area contributed by atoms with E-state index in [2.05, 4.69) is 50.4 Å². The van der Waals surface area contributed by atoms with Crippen LogP contribution in [0.1, 0.15) is 51.2 Å². The van der Waals surface area contributed by atoms with Crippen LogP contribution in [0.4, 0.5) is 0 Å². The molecule has 0 aliphatic carbocycles. The fourth-order valence-electron chi connectivity index (χ4n) is 3.87. The SMILES string of the molecule is COc1ccc(S(=O)(=O)N2CCC(NC(=O)CCc3ccc(C(C)(C)C)cc3)CC2)cc1. The summed E-state index contributed by atoms with van der Waals surface area (Å²) in [5, 5.41) is 3.07. The van der Waals surface area contributed by atoms with E-state index in [1.807, 2.05) is 0 Å². The number of methoxy groups -OCH3 is 1. The second kappa shape index (κ2) is 10.0. The van der Waals surface area contributed by atoms with Gasteiger partial charge in [0.25, 0.3) is 0 Å². The molecule has 1 aliphatic rings. The summed E-state index contributed by atoms with van der Waals surface area (Å²) in [6.45, 7) is 7.34. The molecule has 6 nitrogen and oxygen atoms in total. The van der Waals surface area contributed by atoms with Gasteiger partial charge < -0.3 is 10.1 Å². The van der Waals surface area contributed by atoms with Crippen LogP contribution in [0, 0.1) is 0 Å². The second-order valence-corrected chi connectivity index (χ2v) is 11.3. The monoisotopic (exact) mass is 458 g/mol. The summed E-state index contributed by atoms with van der Waals surface area (Å²) >= 11 is 0. The van der Waals surface area contributed by atoms with Crippen molar-refractivity contribution < 1.29 is 17.9 Å². The van der Waals surface area contributed by atoms with Gasteiger partial charge in [-0.25, -0.2) is 8.42 Å². The highest BCUT2D eigenvalue weighted by Gasteiger charge is 2.30. The summed E-state index contributed by atoms with van der Waals surface area (Å²) in [6.07, 6.45) is 2.35. The van der Waals surface area contributed by atoms with Gasteiger partial charge in [0.1, 0.15) is 5.75 Å². The molecule has 7 heteroatoms. The van der Waals surface area contributed by atoms with Gasteiger partial charge >= 0.3 is 0 Å². The molecule has 0 unspecified atom stereocenters. The highest BCUT2D eigenvalue weighted by Crippen LogP contribution is 2.24. The number of carbonyl (C=O) groups is 1. The molecule has 0 aromatic heterocycles. The summed E-state index contributed by atoms with van der Waals surface area (Å²) in [5.41, 5.74) is 2.54. The van der Waals surface area contributed by atoms with E-state index in [-0.39, 0.29) is 22.3 Å². The van der Waals surface area contributed by atoms with Crippen LogP contribution in [-0.4, -0.2) is 44.9 Å². The van der Waals surface area contributed by atoms with E-state index >= 15 is 0 Å². The lowest BCUT2D eigenvalue weighted by Gasteiger charge is -2.31. The molecule has 2 aromatic rings. The molecular formula is C25H34N2O4S. The minimum absolute atomic E-state index is 0.00749. The molecule has 0 radical (unpaired) electrons. The zero-order chi connectivity index (χ0) is 23.4. The molecule has 2 aromatic carbocycles. The molecule has 174 valence electrons. The maximum absolute atomic E-state index is 12.9. The van der Waals surface area contributed by atoms with Crippen molar-refractivity contribution in [2.24, 2.45) is 0 Å². The normalized spacial score (nSPS) is 16.0. The van der Waals surface area contributed by atoms with Crippen molar-refractivity contribution in [3.8, 4) is 5.75 Å². The van der Waals surface area contributed by atoms with E-state index in [1.165, 1.54) is 9.87 Å². The van der Waals surface area contributed by atoms with Crippen molar-refractivity contribution in [2.75, 3.05) is 20.2 Å². The molecule has 1 heterocycles. The van der Waals surface area contributed by atoms with Crippen LogP contribution in [0.25, 0.3) is 0 Å². The number of hydrogen-bond acceptors (Lipinski definition) is 4. The van der Waals surface area contributed by atoms with Gasteiger partial charge in [0, 0.05) is 25.6 Å². The standard InChI is InChI=1S/C25H34N2O4S/c1-25(2,3)20-8-5-19(6-9-20)7-14-24(28)26-21-15-17-27(18-16-21)32(29,30)23-12-10-22(31-4)11-13-23/h5-6,8-13,21H,7,14-18H2,1-4H3,(H,26,28). The lowest BCUT2D eigenvalue weighted by molar-refractivity contribution is -0.122. The van der Waals surface area contributed by atoms with Crippen molar-refractivity contribution in [1.29, 1.82) is 0 Å². The van der Waals surface area contributed by atoms with Crippen LogP contribution in [0.3, 0.4) is 0 Å². The Balaban J connectivity index is 1.46. The molecule has 0 spiro atoms. The van der Waals surface area contributed by atoms with Gasteiger partial charge in [-0.05, 0) is 60.1 Å². The number of sulfonamides is 1. The fourth-order valence-corrected chi connectivity index (χ4v) is 5.34. The van der Waals surface area contributed by atoms with E-state index in [9.17, 15) is 13.2 Å². The number of nitrogens with one attached hydrogen (secondary N) is 1. The molecule has 0 bridgehead atoms. The Kier molecular flexibility index (Phi) is 7.62. The number of amides is 1. The molecule has 32 heavy (non-hydrogen) atoms. The van der Waals surface area contributed by atoms with Crippen LogP contribution < -0.4 is 10.1 Å². The van der Waals surface area contributed by atoms with E-state index in [0.29, 0.717) is 44.5 Å². The minimum atomic E-state index is -3.53. The zero-order valence-electron chi connectivity index (χ0n) is 19.4. The Morgan fingerprint density at radius 1 is 1.03 bits per heavy atom. The number of nitrogens with zero attached hydrogens (tertiary/aromatic N) is 1. The van der Waals surface area contributed by atoms with Crippen molar-refractivity contribution in [3.63, 3.8) is 0 Å². The van der Waals surface area contributed by atoms with Gasteiger partial charge in [0.05, 0.1) is 12.0 Å². The summed E-state index contributed by atoms with van der Waals surface area (Å²) in [4.78, 5) is 12.7. The predicted molar refractivity (Wildman–Crippen MR) is 126 cm³/mol. The predicted octanol–water partition coefficient (Wildman–Crippen LogP) is 3.89. The summed E-state index contributed by atoms with van der Waals surface area (Å²) in [5.74, 6) is 0.636. The fraction of sp³-hybridized carbons (Fsp3) is 0.480. The maximum atomic E-state index is 12.9. The number of carbonyl (C=O) groups excluding carboxylic acids is 1. The first-order valence-electron chi connectivity index (χ1n) is 11.1. The number of rotatable bonds is 7. The summed E-state index contributed by atoms with van der Waals surface area (Å²) in [6, 6.07) is 14.9. The Morgan fingerprint density at radius 3 is 2.16 bits per heavy atom. The van der Waals surface area contributed by atoms with E-state index < -0.39 is 10.0 Å². The molecule has 3 rings (SSSR count). The number of benzene rings is 2. The first kappa shape index (κ1) is 24.3. The van der Waals surface area contributed by atoms with E-state index in [1.54, 1.807) is 31.4 Å². The Morgan fingerprint density at radius 2 is 1.62 bits per heavy atom. The van der Waals surface area contributed by atoms with Crippen LogP contribution in [0.5, 0.6) is 5.75 Å². The van der Waals surface area contributed by atoms with Crippen molar-refractivity contribution >= 4 is 15.9 Å². The Labute approximate surface area is 192 Å². The molecule has 1 fully saturated rings. The summed E-state index contributed by atoms with van der Waals surface area (Å²) in [7, 11) is -1.99. The molecular weight excluding hydrogens is 424 g/mol. The molecule has 1 N–H and O–H groups in total. The van der Waals surface area contributed by atoms with Crippen molar-refractivity contribution in [1.82, 2.24) is 9.62 Å². The van der Waals surface area contributed by atoms with Gasteiger partial charge in [-0.2, -0.15) is 4.31 Å². The molecule has 1 aliphatic heterocycles. The van der Waals surface area contributed by atoms with Crippen LogP contribution >= 0.6 is 0 Å². The van der Waals surface area contributed by atoms with E-state index in [0.717, 1.165) is 5.56 Å². The number of hydrogen-bond donors (Lipinski definition) is 1. The number of ether oxygens (including phenoxy) is 1. The van der Waals surface area contributed by atoms with Gasteiger partial charge in [-0.1, -0.05) is 45.0 Å². The van der Waals surface area contributed by atoms with Gasteiger partial charge in [0.15, 0.2) is 0 Å². The molecule has 1 saturated heterocycles. The topological polar surface area (TPSA) is 75.7 Å². The van der Waals surface area contributed by atoms with Gasteiger partial charge in [-0.3, -0.25) is 4.79 Å². The highest BCUT2D eigenvalue weighted by molar-refractivity contribution is 7.89. The van der Waals surface area contributed by atoms with Crippen LogP contribution in [-0.2, 0) is 26.7 Å². The average Bonchev–Trinajstić information content (AvgIpc) is 2.78. The first-order valence-corrected chi connectivity index (χ1v) is 12.6. The number of piperidine rings is 1. The Bertz CT molecular complexity index is 1000. The lowest BCUT2D eigenvalue weighted by Crippen LogP contribution is -2.46. The van der Waals surface area contributed by atoms with Crippen LogP contribution in [0.2, 0.25) is 0 Å². The maximum Gasteiger partial charge on any atom is 0.243 e. The summed E-state index contributed by atoms with van der Waals surface area (Å²) < 4.78 is 32.3. The molecule has 1 amide bonds. The quantitative estimate of drug-likeness (QED) is 0.683. The highest BCUT2D eigenvalue weighted by atomic mass is 32.2. The first-order chi connectivity index (χ1) is 15.1. The Hall–Kier alpha value is -2.38. The lowest BCUT2D eigenvalue weighted by atomic mass is 9.86. The minimum Gasteiger partial charge on any atom is -0.497 e. The van der Waals surface area contributed by atoms with Crippen LogP contribution in [0.15, 0.2) is 53.4 Å². The third kappa shape index (κ3) is 6.11. The van der Waals surface area contributed by atoms with Gasteiger partial charge in [0.2, 0.25) is 15.9 Å². The smallest absolute Gasteiger partial charge is 0.243 e. The number of aryl methyl sites for hydroxylation is 1.